The van der Waals surface area contributed by atoms with Crippen molar-refractivity contribution in [3.05, 3.63) is 65.2 Å². The van der Waals surface area contributed by atoms with Gasteiger partial charge < -0.3 is 9.42 Å². The van der Waals surface area contributed by atoms with Gasteiger partial charge in [-0.1, -0.05) is 5.16 Å². The summed E-state index contributed by atoms with van der Waals surface area (Å²) in [7, 11) is 0. The summed E-state index contributed by atoms with van der Waals surface area (Å²) in [4.78, 5) is 23.2. The van der Waals surface area contributed by atoms with Crippen LogP contribution in [-0.2, 0) is 6.42 Å². The van der Waals surface area contributed by atoms with E-state index in [2.05, 4.69) is 15.1 Å². The van der Waals surface area contributed by atoms with Crippen molar-refractivity contribution >= 4 is 5.91 Å². The number of hydrogen-bond donors (Lipinski definition) is 0. The van der Waals surface area contributed by atoms with Crippen molar-refractivity contribution < 1.29 is 13.7 Å². The number of rotatable bonds is 4. The molecular formula is C21H21FN4O2. The minimum Gasteiger partial charge on any atom is -0.361 e. The maximum absolute atomic E-state index is 13.1. The zero-order valence-corrected chi connectivity index (χ0v) is 15.9. The molecule has 144 valence electrons. The lowest BCUT2D eigenvalue weighted by Gasteiger charge is -2.16. The van der Waals surface area contributed by atoms with Crippen molar-refractivity contribution in [2.75, 3.05) is 13.1 Å². The molecule has 0 radical (unpaired) electrons. The van der Waals surface area contributed by atoms with Gasteiger partial charge in [-0.25, -0.2) is 14.4 Å². The lowest BCUT2D eigenvalue weighted by Crippen LogP contribution is -2.29. The summed E-state index contributed by atoms with van der Waals surface area (Å²) >= 11 is 0. The third-order valence-corrected chi connectivity index (χ3v) is 5.18. The number of carbonyl (C=O) groups excluding carboxylic acids is 1. The number of carbonyl (C=O) groups is 1. The first-order valence-electron chi connectivity index (χ1n) is 9.30. The number of aromatic nitrogens is 3. The summed E-state index contributed by atoms with van der Waals surface area (Å²) in [6.45, 7) is 5.13. The van der Waals surface area contributed by atoms with Crippen molar-refractivity contribution in [2.24, 2.45) is 5.92 Å². The van der Waals surface area contributed by atoms with Crippen LogP contribution in [0.2, 0.25) is 0 Å². The highest BCUT2D eigenvalue weighted by atomic mass is 19.1. The van der Waals surface area contributed by atoms with E-state index in [1.807, 2.05) is 24.8 Å². The Morgan fingerprint density at radius 2 is 2.04 bits per heavy atom. The van der Waals surface area contributed by atoms with Crippen LogP contribution in [0.5, 0.6) is 0 Å². The predicted octanol–water partition coefficient (Wildman–Crippen LogP) is 3.59. The Morgan fingerprint density at radius 1 is 1.25 bits per heavy atom. The molecule has 0 aliphatic carbocycles. The molecule has 0 bridgehead atoms. The van der Waals surface area contributed by atoms with E-state index in [1.165, 1.54) is 24.3 Å². The first-order chi connectivity index (χ1) is 13.5. The third kappa shape index (κ3) is 3.65. The van der Waals surface area contributed by atoms with E-state index >= 15 is 0 Å². The Hall–Kier alpha value is -3.09. The topological polar surface area (TPSA) is 72.1 Å². The zero-order valence-electron chi connectivity index (χ0n) is 15.9. The third-order valence-electron chi connectivity index (χ3n) is 5.18. The molecule has 0 spiro atoms. The first kappa shape index (κ1) is 18.3. The average molecular weight is 380 g/mol. The molecule has 1 saturated heterocycles. The van der Waals surface area contributed by atoms with Crippen LogP contribution in [-0.4, -0.2) is 39.0 Å². The minimum absolute atomic E-state index is 0.0541. The highest BCUT2D eigenvalue weighted by Gasteiger charge is 2.27. The molecule has 1 aliphatic heterocycles. The molecule has 0 saturated carbocycles. The van der Waals surface area contributed by atoms with Gasteiger partial charge in [-0.2, -0.15) is 0 Å². The number of nitrogens with zero attached hydrogens (tertiary/aromatic N) is 4. The second-order valence-electron chi connectivity index (χ2n) is 7.21. The van der Waals surface area contributed by atoms with Crippen LogP contribution in [0, 0.1) is 25.6 Å². The van der Waals surface area contributed by atoms with Crippen molar-refractivity contribution in [2.45, 2.75) is 26.7 Å². The summed E-state index contributed by atoms with van der Waals surface area (Å²) in [6, 6.07) is 7.67. The standard InChI is InChI=1S/C21H21FN4O2/c1-13-20(14(2)28-25-13)19-10-18(23-12-24-19)9-15-7-8-26(11-15)21(27)16-3-5-17(22)6-4-16/h3-6,10,12,15H,7-9,11H2,1-2H3. The van der Waals surface area contributed by atoms with Gasteiger partial charge in [0.15, 0.2) is 0 Å². The monoisotopic (exact) mass is 380 g/mol. The molecule has 1 aromatic carbocycles. The summed E-state index contributed by atoms with van der Waals surface area (Å²) in [5.41, 5.74) is 3.97. The fourth-order valence-corrected chi connectivity index (χ4v) is 3.75. The van der Waals surface area contributed by atoms with Crippen LogP contribution >= 0.6 is 0 Å². The number of benzene rings is 1. The second-order valence-corrected chi connectivity index (χ2v) is 7.21. The van der Waals surface area contributed by atoms with Crippen LogP contribution in [0.15, 0.2) is 41.2 Å². The number of aryl methyl sites for hydroxylation is 2. The van der Waals surface area contributed by atoms with Crippen molar-refractivity contribution in [3.8, 4) is 11.3 Å². The molecule has 2 aromatic heterocycles. The molecule has 1 fully saturated rings. The molecule has 4 rings (SSSR count). The molecule has 1 unspecified atom stereocenters. The van der Waals surface area contributed by atoms with Crippen LogP contribution in [0.1, 0.15) is 33.9 Å². The van der Waals surface area contributed by atoms with Gasteiger partial charge in [0.1, 0.15) is 17.9 Å². The van der Waals surface area contributed by atoms with Gasteiger partial charge in [0.2, 0.25) is 0 Å². The molecular weight excluding hydrogens is 359 g/mol. The van der Waals surface area contributed by atoms with E-state index < -0.39 is 0 Å². The van der Waals surface area contributed by atoms with Gasteiger partial charge in [0, 0.05) is 24.3 Å². The molecule has 28 heavy (non-hydrogen) atoms. The quantitative estimate of drug-likeness (QED) is 0.692. The predicted molar refractivity (Wildman–Crippen MR) is 101 cm³/mol. The number of amides is 1. The lowest BCUT2D eigenvalue weighted by molar-refractivity contribution is 0.0787. The van der Waals surface area contributed by atoms with E-state index in [-0.39, 0.29) is 11.7 Å². The Kier molecular flexibility index (Phi) is 4.90. The Bertz CT molecular complexity index is 980. The molecule has 3 heterocycles. The zero-order chi connectivity index (χ0) is 19.7. The van der Waals surface area contributed by atoms with Gasteiger partial charge >= 0.3 is 0 Å². The number of hydrogen-bond acceptors (Lipinski definition) is 5. The summed E-state index contributed by atoms with van der Waals surface area (Å²) < 4.78 is 18.3. The van der Waals surface area contributed by atoms with E-state index in [0.29, 0.717) is 24.6 Å². The second kappa shape index (κ2) is 7.50. The maximum Gasteiger partial charge on any atom is 0.253 e. The SMILES string of the molecule is Cc1noc(C)c1-c1cc(CC2CCN(C(=O)c3ccc(F)cc3)C2)ncn1. The van der Waals surface area contributed by atoms with Crippen LogP contribution in [0.25, 0.3) is 11.3 Å². The summed E-state index contributed by atoms with van der Waals surface area (Å²) in [5, 5.41) is 3.99. The van der Waals surface area contributed by atoms with Gasteiger partial charge in [0.25, 0.3) is 5.91 Å². The average Bonchev–Trinajstić information content (AvgIpc) is 3.28. The van der Waals surface area contributed by atoms with E-state index in [0.717, 1.165) is 41.2 Å². The highest BCUT2D eigenvalue weighted by molar-refractivity contribution is 5.94. The van der Waals surface area contributed by atoms with Crippen molar-refractivity contribution in [3.63, 3.8) is 0 Å². The Labute approximate surface area is 162 Å². The largest absolute Gasteiger partial charge is 0.361 e. The Morgan fingerprint density at radius 3 is 2.75 bits per heavy atom. The lowest BCUT2D eigenvalue weighted by atomic mass is 10.0. The summed E-state index contributed by atoms with van der Waals surface area (Å²) in [5.74, 6) is 0.672. The number of halogens is 1. The molecule has 3 aromatic rings. The number of likely N-dealkylation sites (tertiary alicyclic amines) is 1. The normalized spacial score (nSPS) is 16.5. The molecule has 0 N–H and O–H groups in total. The fourth-order valence-electron chi connectivity index (χ4n) is 3.75. The first-order valence-corrected chi connectivity index (χ1v) is 9.30. The Balaban J connectivity index is 1.44. The van der Waals surface area contributed by atoms with Crippen molar-refractivity contribution in [1.29, 1.82) is 0 Å². The molecule has 7 heteroatoms. The van der Waals surface area contributed by atoms with Gasteiger partial charge in [-0.15, -0.1) is 0 Å². The van der Waals surface area contributed by atoms with Crippen molar-refractivity contribution in [1.82, 2.24) is 20.0 Å². The van der Waals surface area contributed by atoms with Gasteiger partial charge in [-0.05, 0) is 62.9 Å². The molecule has 1 aliphatic rings. The maximum atomic E-state index is 13.1. The van der Waals surface area contributed by atoms with Crippen LogP contribution in [0.4, 0.5) is 4.39 Å². The van der Waals surface area contributed by atoms with E-state index in [1.54, 1.807) is 6.33 Å². The molecule has 1 atom stereocenters. The summed E-state index contributed by atoms with van der Waals surface area (Å²) in [6.07, 6.45) is 3.25. The van der Waals surface area contributed by atoms with Gasteiger partial charge in [0.05, 0.1) is 17.0 Å². The molecule has 6 nitrogen and oxygen atoms in total. The molecule has 1 amide bonds. The highest BCUT2D eigenvalue weighted by Crippen LogP contribution is 2.27. The fraction of sp³-hybridized carbons (Fsp3) is 0.333. The van der Waals surface area contributed by atoms with Gasteiger partial charge in [-0.3, -0.25) is 4.79 Å². The smallest absolute Gasteiger partial charge is 0.253 e. The van der Waals surface area contributed by atoms with E-state index in [4.69, 9.17) is 4.52 Å². The van der Waals surface area contributed by atoms with Crippen LogP contribution in [0.3, 0.4) is 0 Å². The van der Waals surface area contributed by atoms with E-state index in [9.17, 15) is 9.18 Å². The van der Waals surface area contributed by atoms with Crippen LogP contribution < -0.4 is 0 Å². The minimum atomic E-state index is -0.339.